The van der Waals surface area contributed by atoms with Crippen molar-refractivity contribution in [3.05, 3.63) is 90.5 Å². The van der Waals surface area contributed by atoms with Crippen molar-refractivity contribution in [3.8, 4) is 17.2 Å². The van der Waals surface area contributed by atoms with E-state index in [-0.39, 0.29) is 0 Å². The topological polar surface area (TPSA) is 71.1 Å². The lowest BCUT2D eigenvalue weighted by atomic mass is 9.96. The molecule has 29 heavy (non-hydrogen) atoms. The highest BCUT2D eigenvalue weighted by Gasteiger charge is 2.41. The highest BCUT2D eigenvalue weighted by atomic mass is 16.7. The molecule has 0 heterocycles. The number of benzene rings is 3. The maximum Gasteiger partial charge on any atom is 0.515 e. The Bertz CT molecular complexity index is 954. The second kappa shape index (κ2) is 8.93. The van der Waals surface area contributed by atoms with Gasteiger partial charge in [0.25, 0.3) is 0 Å². The van der Waals surface area contributed by atoms with Crippen molar-refractivity contribution in [1.82, 2.24) is 0 Å². The van der Waals surface area contributed by atoms with Gasteiger partial charge in [-0.1, -0.05) is 48.5 Å². The van der Waals surface area contributed by atoms with Crippen molar-refractivity contribution in [2.24, 2.45) is 0 Å². The van der Waals surface area contributed by atoms with Crippen LogP contribution in [-0.2, 0) is 19.9 Å². The largest absolute Gasteiger partial charge is 0.515 e. The molecule has 6 heteroatoms. The average molecular weight is 392 g/mol. The molecule has 0 saturated carbocycles. The van der Waals surface area contributed by atoms with E-state index in [4.69, 9.17) is 18.9 Å². The van der Waals surface area contributed by atoms with Crippen molar-refractivity contribution in [3.63, 3.8) is 0 Å². The Morgan fingerprint density at radius 2 is 1.24 bits per heavy atom. The Morgan fingerprint density at radius 1 is 0.724 bits per heavy atom. The summed E-state index contributed by atoms with van der Waals surface area (Å²) in [6, 6.07) is 24.3. The summed E-state index contributed by atoms with van der Waals surface area (Å²) in [5.41, 5.74) is -1.28. The van der Waals surface area contributed by atoms with E-state index in [2.05, 4.69) is 0 Å². The van der Waals surface area contributed by atoms with E-state index in [0.717, 1.165) is 0 Å². The number of carbonyl (C=O) groups excluding carboxylic acids is 2. The normalized spacial score (nSPS) is 12.3. The fourth-order valence-corrected chi connectivity index (χ4v) is 2.65. The highest BCUT2D eigenvalue weighted by Crippen LogP contribution is 2.30. The summed E-state index contributed by atoms with van der Waals surface area (Å²) < 4.78 is 21.1. The summed E-state index contributed by atoms with van der Waals surface area (Å²) in [5, 5.41) is 0. The van der Waals surface area contributed by atoms with Gasteiger partial charge in [0, 0.05) is 5.56 Å². The van der Waals surface area contributed by atoms with Crippen LogP contribution in [-0.4, -0.2) is 19.2 Å². The third-order valence-electron chi connectivity index (χ3n) is 4.19. The van der Waals surface area contributed by atoms with Crippen molar-refractivity contribution in [2.75, 3.05) is 7.11 Å². The van der Waals surface area contributed by atoms with Gasteiger partial charge in [-0.2, -0.15) is 0 Å². The van der Waals surface area contributed by atoms with Crippen molar-refractivity contribution in [2.45, 2.75) is 12.5 Å². The summed E-state index contributed by atoms with van der Waals surface area (Å²) in [6.45, 7) is 1.44. The van der Waals surface area contributed by atoms with Crippen LogP contribution in [0.25, 0.3) is 0 Å². The van der Waals surface area contributed by atoms with Crippen molar-refractivity contribution >= 4 is 12.1 Å². The minimum absolute atomic E-state index is 0.302. The van der Waals surface area contributed by atoms with Gasteiger partial charge in [-0.25, -0.2) is 9.59 Å². The predicted octanol–water partition coefficient (Wildman–Crippen LogP) is 5.08. The third-order valence-corrected chi connectivity index (χ3v) is 4.19. The SMILES string of the molecule is COC(=O)C(C)(OC(=O)Oc1ccccc1)c1ccc(Oc2ccccc2)cc1. The lowest BCUT2D eigenvalue weighted by molar-refractivity contribution is -0.163. The Morgan fingerprint density at radius 3 is 1.79 bits per heavy atom. The third kappa shape index (κ3) is 4.93. The molecule has 0 radical (unpaired) electrons. The lowest BCUT2D eigenvalue weighted by Gasteiger charge is -2.26. The van der Waals surface area contributed by atoms with Crippen LogP contribution < -0.4 is 9.47 Å². The molecule has 3 aromatic carbocycles. The van der Waals surface area contributed by atoms with E-state index < -0.39 is 17.7 Å². The first-order valence-electron chi connectivity index (χ1n) is 8.89. The first-order chi connectivity index (χ1) is 14.0. The number of rotatable bonds is 6. The van der Waals surface area contributed by atoms with Gasteiger partial charge in [-0.3, -0.25) is 0 Å². The fraction of sp³-hybridized carbons (Fsp3) is 0.130. The van der Waals surface area contributed by atoms with Crippen LogP contribution >= 0.6 is 0 Å². The molecule has 1 unspecified atom stereocenters. The van der Waals surface area contributed by atoms with Gasteiger partial charge in [-0.05, 0) is 43.3 Å². The number of hydrogen-bond donors (Lipinski definition) is 0. The molecule has 0 spiro atoms. The molecule has 0 amide bonds. The van der Waals surface area contributed by atoms with Gasteiger partial charge in [0.15, 0.2) is 0 Å². The quantitative estimate of drug-likeness (QED) is 0.430. The number of carbonyl (C=O) groups is 2. The monoisotopic (exact) mass is 392 g/mol. The molecule has 0 aliphatic carbocycles. The number of esters is 1. The zero-order valence-corrected chi connectivity index (χ0v) is 16.0. The Balaban J connectivity index is 1.78. The number of hydrogen-bond acceptors (Lipinski definition) is 6. The zero-order chi connectivity index (χ0) is 20.7. The molecule has 0 saturated heterocycles. The molecule has 0 bridgehead atoms. The van der Waals surface area contributed by atoms with E-state index >= 15 is 0 Å². The van der Waals surface area contributed by atoms with Gasteiger partial charge in [0.05, 0.1) is 7.11 Å². The Hall–Kier alpha value is -3.80. The van der Waals surface area contributed by atoms with E-state index in [0.29, 0.717) is 22.8 Å². The zero-order valence-electron chi connectivity index (χ0n) is 16.0. The minimum atomic E-state index is -1.69. The number of para-hydroxylation sites is 2. The Kier molecular flexibility index (Phi) is 6.14. The van der Waals surface area contributed by atoms with Gasteiger partial charge < -0.3 is 18.9 Å². The fourth-order valence-electron chi connectivity index (χ4n) is 2.65. The number of methoxy groups -OCH3 is 1. The second-order valence-electron chi connectivity index (χ2n) is 6.23. The summed E-state index contributed by atoms with van der Waals surface area (Å²) in [5.74, 6) is 0.813. The molecule has 3 aromatic rings. The molecule has 0 aliphatic rings. The molecule has 6 nitrogen and oxygen atoms in total. The lowest BCUT2D eigenvalue weighted by Crippen LogP contribution is -2.39. The van der Waals surface area contributed by atoms with Crippen LogP contribution in [0, 0.1) is 0 Å². The van der Waals surface area contributed by atoms with Crippen molar-refractivity contribution < 1.29 is 28.5 Å². The van der Waals surface area contributed by atoms with Gasteiger partial charge in [0.2, 0.25) is 5.60 Å². The van der Waals surface area contributed by atoms with Crippen molar-refractivity contribution in [1.29, 1.82) is 0 Å². The Labute approximate surface area is 168 Å². The first-order valence-corrected chi connectivity index (χ1v) is 8.89. The van der Waals surface area contributed by atoms with Crippen LogP contribution in [0.3, 0.4) is 0 Å². The van der Waals surface area contributed by atoms with Gasteiger partial charge in [0.1, 0.15) is 17.2 Å². The standard InChI is InChI=1S/C23H20O6/c1-23(21(24)26-2,29-22(25)28-19-11-7-4-8-12-19)17-13-15-20(16-14-17)27-18-9-5-3-6-10-18/h3-16H,1-2H3. The summed E-state index contributed by atoms with van der Waals surface area (Å²) in [6.07, 6.45) is -1.02. The predicted molar refractivity (Wildman–Crippen MR) is 106 cm³/mol. The van der Waals surface area contributed by atoms with Crippen LogP contribution in [0.15, 0.2) is 84.9 Å². The molecule has 0 N–H and O–H groups in total. The molecule has 0 aliphatic heterocycles. The van der Waals surface area contributed by atoms with Gasteiger partial charge in [-0.15, -0.1) is 0 Å². The van der Waals surface area contributed by atoms with Crippen LogP contribution in [0.1, 0.15) is 12.5 Å². The molecular formula is C23H20O6. The molecule has 0 fully saturated rings. The average Bonchev–Trinajstić information content (AvgIpc) is 2.75. The van der Waals surface area contributed by atoms with E-state index in [9.17, 15) is 9.59 Å². The van der Waals surface area contributed by atoms with E-state index in [1.54, 1.807) is 54.6 Å². The highest BCUT2D eigenvalue weighted by molar-refractivity contribution is 5.83. The van der Waals surface area contributed by atoms with Crippen LogP contribution in [0.4, 0.5) is 4.79 Å². The van der Waals surface area contributed by atoms with E-state index in [1.165, 1.54) is 14.0 Å². The minimum Gasteiger partial charge on any atom is -0.466 e. The summed E-state index contributed by atoms with van der Waals surface area (Å²) in [7, 11) is 1.22. The molecule has 148 valence electrons. The number of ether oxygens (including phenoxy) is 4. The maximum atomic E-state index is 12.4. The summed E-state index contributed by atoms with van der Waals surface area (Å²) >= 11 is 0. The molecule has 0 aromatic heterocycles. The van der Waals surface area contributed by atoms with E-state index in [1.807, 2.05) is 30.3 Å². The smallest absolute Gasteiger partial charge is 0.466 e. The summed E-state index contributed by atoms with van der Waals surface area (Å²) in [4.78, 5) is 24.7. The molecular weight excluding hydrogens is 372 g/mol. The first kappa shape index (κ1) is 19.9. The van der Waals surface area contributed by atoms with Crippen LogP contribution in [0.5, 0.6) is 17.2 Å². The van der Waals surface area contributed by atoms with Gasteiger partial charge >= 0.3 is 12.1 Å². The van der Waals surface area contributed by atoms with Crippen LogP contribution in [0.2, 0.25) is 0 Å². The maximum absolute atomic E-state index is 12.4. The molecule has 1 atom stereocenters. The molecule has 3 rings (SSSR count). The second-order valence-corrected chi connectivity index (χ2v) is 6.23.